The van der Waals surface area contributed by atoms with Gasteiger partial charge in [-0.15, -0.1) is 0 Å². The van der Waals surface area contributed by atoms with E-state index >= 15 is 0 Å². The molecule has 2 rings (SSSR count). The van der Waals surface area contributed by atoms with Gasteiger partial charge in [0.2, 0.25) is 0 Å². The second-order valence-electron chi connectivity index (χ2n) is 6.26. The van der Waals surface area contributed by atoms with Crippen LogP contribution in [0.15, 0.2) is 42.6 Å². The maximum Gasteiger partial charge on any atom is 0.341 e. The lowest BCUT2D eigenvalue weighted by molar-refractivity contribution is -0.119. The van der Waals surface area contributed by atoms with Crippen LogP contribution in [0.4, 0.5) is 5.69 Å². The van der Waals surface area contributed by atoms with Crippen LogP contribution in [0, 0.1) is 0 Å². The summed E-state index contributed by atoms with van der Waals surface area (Å²) in [4.78, 5) is 27.8. The van der Waals surface area contributed by atoms with Crippen molar-refractivity contribution in [3.63, 3.8) is 0 Å². The monoisotopic (exact) mass is 346 g/mol. The second-order valence-corrected chi connectivity index (χ2v) is 6.62. The molecule has 5 nitrogen and oxygen atoms in total. The molecule has 0 saturated heterocycles. The van der Waals surface area contributed by atoms with Gasteiger partial charge < -0.3 is 10.1 Å². The number of para-hydroxylation sites is 1. The van der Waals surface area contributed by atoms with E-state index in [1.807, 2.05) is 24.3 Å². The first kappa shape index (κ1) is 17.9. The molecule has 1 aromatic heterocycles. The number of anilines is 1. The van der Waals surface area contributed by atoms with Crippen LogP contribution in [-0.4, -0.2) is 23.5 Å². The van der Waals surface area contributed by atoms with Gasteiger partial charge in [-0.3, -0.25) is 4.79 Å². The Kier molecular flexibility index (Phi) is 5.57. The molecule has 0 bridgehead atoms. The van der Waals surface area contributed by atoms with Crippen molar-refractivity contribution >= 4 is 29.2 Å². The van der Waals surface area contributed by atoms with Gasteiger partial charge in [-0.2, -0.15) is 0 Å². The first-order chi connectivity index (χ1) is 11.3. The smallest absolute Gasteiger partial charge is 0.341 e. The van der Waals surface area contributed by atoms with Crippen molar-refractivity contribution in [3.8, 4) is 0 Å². The fourth-order valence-corrected chi connectivity index (χ4v) is 2.38. The Labute approximate surface area is 146 Å². The fourth-order valence-electron chi connectivity index (χ4n) is 2.18. The number of nitrogens with zero attached hydrogens (tertiary/aromatic N) is 1. The number of rotatable bonds is 4. The molecule has 0 atom stereocenters. The number of carbonyl (C=O) groups is 2. The molecule has 2 aromatic rings. The summed E-state index contributed by atoms with van der Waals surface area (Å²) in [5, 5.41) is 2.82. The van der Waals surface area contributed by atoms with Crippen LogP contribution >= 0.6 is 11.6 Å². The summed E-state index contributed by atoms with van der Waals surface area (Å²) < 4.78 is 4.99. The zero-order valence-electron chi connectivity index (χ0n) is 13.8. The van der Waals surface area contributed by atoms with Crippen molar-refractivity contribution in [2.45, 2.75) is 26.2 Å². The van der Waals surface area contributed by atoms with E-state index in [1.54, 1.807) is 6.07 Å². The van der Waals surface area contributed by atoms with Gasteiger partial charge in [-0.05, 0) is 29.2 Å². The minimum atomic E-state index is -0.688. The molecule has 1 N–H and O–H groups in total. The summed E-state index contributed by atoms with van der Waals surface area (Å²) in [6.07, 6.45) is 1.47. The Morgan fingerprint density at radius 2 is 1.88 bits per heavy atom. The molecule has 0 fully saturated rings. The molecule has 6 heteroatoms. The number of carbonyl (C=O) groups excluding carboxylic acids is 2. The summed E-state index contributed by atoms with van der Waals surface area (Å²) in [5.74, 6) is -1.10. The maximum absolute atomic E-state index is 12.1. The number of ether oxygens (including phenoxy) is 1. The topological polar surface area (TPSA) is 68.3 Å². The molecule has 0 aliphatic rings. The Morgan fingerprint density at radius 1 is 1.17 bits per heavy atom. The molecule has 1 aromatic carbocycles. The summed E-state index contributed by atoms with van der Waals surface area (Å²) in [7, 11) is 0. The van der Waals surface area contributed by atoms with Crippen LogP contribution in [0.25, 0.3) is 0 Å². The van der Waals surface area contributed by atoms with Gasteiger partial charge in [0.05, 0.1) is 5.56 Å². The lowest BCUT2D eigenvalue weighted by Crippen LogP contribution is -2.23. The highest BCUT2D eigenvalue weighted by atomic mass is 35.5. The lowest BCUT2D eigenvalue weighted by atomic mass is 9.86. The Morgan fingerprint density at radius 3 is 2.54 bits per heavy atom. The fraction of sp³-hybridized carbons (Fsp3) is 0.278. The van der Waals surface area contributed by atoms with Crippen molar-refractivity contribution in [1.29, 1.82) is 0 Å². The number of amides is 1. The molecule has 0 aliphatic carbocycles. The average molecular weight is 347 g/mol. The van der Waals surface area contributed by atoms with E-state index < -0.39 is 18.5 Å². The van der Waals surface area contributed by atoms with E-state index in [0.29, 0.717) is 5.69 Å². The van der Waals surface area contributed by atoms with E-state index in [2.05, 4.69) is 31.1 Å². The molecule has 1 amide bonds. The first-order valence-corrected chi connectivity index (χ1v) is 7.84. The molecule has 0 radical (unpaired) electrons. The average Bonchev–Trinajstić information content (AvgIpc) is 2.52. The van der Waals surface area contributed by atoms with Crippen molar-refractivity contribution in [3.05, 3.63) is 58.9 Å². The number of benzene rings is 1. The predicted octanol–water partition coefficient (Wildman–Crippen LogP) is 3.83. The summed E-state index contributed by atoms with van der Waals surface area (Å²) >= 11 is 5.82. The zero-order chi connectivity index (χ0) is 17.7. The zero-order valence-corrected chi connectivity index (χ0v) is 14.6. The molecule has 126 valence electrons. The second kappa shape index (κ2) is 7.45. The van der Waals surface area contributed by atoms with Crippen molar-refractivity contribution in [1.82, 2.24) is 4.98 Å². The number of pyridine rings is 1. The molecule has 0 spiro atoms. The normalized spacial score (nSPS) is 11.0. The third kappa shape index (κ3) is 4.55. The number of halogens is 1. The lowest BCUT2D eigenvalue weighted by Gasteiger charge is -2.22. The van der Waals surface area contributed by atoms with Gasteiger partial charge in [-0.1, -0.05) is 50.6 Å². The highest BCUT2D eigenvalue weighted by Gasteiger charge is 2.19. The van der Waals surface area contributed by atoms with Gasteiger partial charge in [0, 0.05) is 11.9 Å². The molecular formula is C18H19ClN2O3. The van der Waals surface area contributed by atoms with Crippen LogP contribution < -0.4 is 5.32 Å². The van der Waals surface area contributed by atoms with E-state index in [-0.39, 0.29) is 16.1 Å². The van der Waals surface area contributed by atoms with E-state index in [1.165, 1.54) is 12.3 Å². The largest absolute Gasteiger partial charge is 0.452 e. The third-order valence-corrected chi connectivity index (χ3v) is 3.62. The van der Waals surface area contributed by atoms with Crippen LogP contribution in [0.3, 0.4) is 0 Å². The van der Waals surface area contributed by atoms with Gasteiger partial charge >= 0.3 is 5.97 Å². The molecule has 0 saturated carbocycles. The Bertz CT molecular complexity index is 754. The third-order valence-electron chi connectivity index (χ3n) is 3.32. The van der Waals surface area contributed by atoms with Crippen LogP contribution in [0.1, 0.15) is 36.7 Å². The van der Waals surface area contributed by atoms with E-state index in [4.69, 9.17) is 16.3 Å². The van der Waals surface area contributed by atoms with Gasteiger partial charge in [0.15, 0.2) is 6.61 Å². The highest BCUT2D eigenvalue weighted by molar-refractivity contribution is 6.32. The highest BCUT2D eigenvalue weighted by Crippen LogP contribution is 2.29. The van der Waals surface area contributed by atoms with Crippen molar-refractivity contribution in [2.75, 3.05) is 11.9 Å². The summed E-state index contributed by atoms with van der Waals surface area (Å²) in [5.41, 5.74) is 1.71. The summed E-state index contributed by atoms with van der Waals surface area (Å²) in [6, 6.07) is 10.6. The number of hydrogen-bond donors (Lipinski definition) is 1. The number of esters is 1. The first-order valence-electron chi connectivity index (χ1n) is 7.46. The number of hydrogen-bond acceptors (Lipinski definition) is 4. The number of aromatic nitrogens is 1. The van der Waals surface area contributed by atoms with Crippen LogP contribution in [0.2, 0.25) is 5.15 Å². The van der Waals surface area contributed by atoms with Crippen LogP contribution in [0.5, 0.6) is 0 Å². The predicted molar refractivity (Wildman–Crippen MR) is 93.3 cm³/mol. The SMILES string of the molecule is CC(C)(C)c1ccccc1NC(=O)COC(=O)c1cccnc1Cl. The maximum atomic E-state index is 12.1. The number of nitrogens with one attached hydrogen (secondary N) is 1. The molecular weight excluding hydrogens is 328 g/mol. The molecule has 1 heterocycles. The summed E-state index contributed by atoms with van der Waals surface area (Å²) in [6.45, 7) is 5.77. The molecule has 24 heavy (non-hydrogen) atoms. The molecule has 0 aliphatic heterocycles. The van der Waals surface area contributed by atoms with Crippen molar-refractivity contribution < 1.29 is 14.3 Å². The van der Waals surface area contributed by atoms with Crippen LogP contribution in [-0.2, 0) is 14.9 Å². The van der Waals surface area contributed by atoms with Gasteiger partial charge in [0.25, 0.3) is 5.91 Å². The van der Waals surface area contributed by atoms with E-state index in [9.17, 15) is 9.59 Å². The molecule has 0 unspecified atom stereocenters. The Balaban J connectivity index is 2.00. The Hall–Kier alpha value is -2.40. The minimum Gasteiger partial charge on any atom is -0.452 e. The standard InChI is InChI=1S/C18H19ClN2O3/c1-18(2,3)13-8-4-5-9-14(13)21-15(22)11-24-17(23)12-7-6-10-20-16(12)19/h4-10H,11H2,1-3H3,(H,21,22). The minimum absolute atomic E-state index is 0.0426. The van der Waals surface area contributed by atoms with Gasteiger partial charge in [0.1, 0.15) is 5.15 Å². The van der Waals surface area contributed by atoms with Crippen molar-refractivity contribution in [2.24, 2.45) is 0 Å². The van der Waals surface area contributed by atoms with E-state index in [0.717, 1.165) is 5.56 Å². The van der Waals surface area contributed by atoms with Gasteiger partial charge in [-0.25, -0.2) is 9.78 Å². The quantitative estimate of drug-likeness (QED) is 0.674.